The maximum absolute atomic E-state index is 12.8. The molecule has 2 aliphatic rings. The van der Waals surface area contributed by atoms with E-state index in [4.69, 9.17) is 4.74 Å². The predicted molar refractivity (Wildman–Crippen MR) is 127 cm³/mol. The average Bonchev–Trinajstić information content (AvgIpc) is 2.80. The Morgan fingerprint density at radius 1 is 1.03 bits per heavy atom. The van der Waals surface area contributed by atoms with Crippen LogP contribution in [0.4, 0.5) is 0 Å². The molecule has 2 heterocycles. The van der Waals surface area contributed by atoms with E-state index in [2.05, 4.69) is 29.0 Å². The summed E-state index contributed by atoms with van der Waals surface area (Å²) in [5.74, 6) is 1.13. The number of nitrogens with zero attached hydrogens (tertiary/aromatic N) is 3. The van der Waals surface area contributed by atoms with E-state index in [9.17, 15) is 9.59 Å². The van der Waals surface area contributed by atoms with E-state index in [0.29, 0.717) is 25.7 Å². The first kappa shape index (κ1) is 24.5. The minimum Gasteiger partial charge on any atom is -0.494 e. The normalized spacial score (nSPS) is 21.2. The van der Waals surface area contributed by atoms with Crippen molar-refractivity contribution in [3.05, 3.63) is 29.8 Å². The van der Waals surface area contributed by atoms with E-state index in [1.807, 2.05) is 36.1 Å². The van der Waals surface area contributed by atoms with Crippen molar-refractivity contribution in [1.82, 2.24) is 20.0 Å². The highest BCUT2D eigenvalue weighted by molar-refractivity contribution is 5.79. The fourth-order valence-electron chi connectivity index (χ4n) is 4.75. The molecule has 1 N–H and O–H groups in total. The Balaban J connectivity index is 1.44. The highest BCUT2D eigenvalue weighted by Crippen LogP contribution is 2.27. The van der Waals surface area contributed by atoms with Gasteiger partial charge in [0.25, 0.3) is 0 Å². The molecule has 0 saturated carbocycles. The van der Waals surface area contributed by atoms with Crippen LogP contribution in [0.25, 0.3) is 0 Å². The SMILES string of the molecule is CCOc1ccccc1C(CC)NC(=O)CN1CCN(CC(=O)N2CCCCC2C)CC1. The maximum Gasteiger partial charge on any atom is 0.236 e. The Morgan fingerprint density at radius 2 is 1.72 bits per heavy atom. The van der Waals surface area contributed by atoms with Gasteiger partial charge in [-0.15, -0.1) is 0 Å². The summed E-state index contributed by atoms with van der Waals surface area (Å²) in [6.07, 6.45) is 4.26. The Hall–Kier alpha value is -2.12. The van der Waals surface area contributed by atoms with Gasteiger partial charge in [0.05, 0.1) is 25.7 Å². The van der Waals surface area contributed by atoms with Gasteiger partial charge in [-0.2, -0.15) is 0 Å². The van der Waals surface area contributed by atoms with Gasteiger partial charge in [-0.25, -0.2) is 0 Å². The number of piperazine rings is 1. The second-order valence-electron chi connectivity index (χ2n) is 8.98. The lowest BCUT2D eigenvalue weighted by Crippen LogP contribution is -2.53. The number of carbonyl (C=O) groups is 2. The van der Waals surface area contributed by atoms with Crippen molar-refractivity contribution in [2.45, 2.75) is 58.5 Å². The molecule has 3 rings (SSSR count). The molecule has 32 heavy (non-hydrogen) atoms. The molecule has 2 saturated heterocycles. The number of hydrogen-bond donors (Lipinski definition) is 1. The summed E-state index contributed by atoms with van der Waals surface area (Å²) in [7, 11) is 0. The maximum atomic E-state index is 12.8. The molecule has 0 spiro atoms. The van der Waals surface area contributed by atoms with Crippen LogP contribution in [0.3, 0.4) is 0 Å². The quantitative estimate of drug-likeness (QED) is 0.634. The van der Waals surface area contributed by atoms with Gasteiger partial charge in [-0.3, -0.25) is 19.4 Å². The largest absolute Gasteiger partial charge is 0.494 e. The van der Waals surface area contributed by atoms with Gasteiger partial charge in [0.15, 0.2) is 0 Å². The summed E-state index contributed by atoms with van der Waals surface area (Å²) in [6.45, 7) is 11.8. The van der Waals surface area contributed by atoms with Crippen LogP contribution in [0.5, 0.6) is 5.75 Å². The van der Waals surface area contributed by atoms with E-state index in [1.54, 1.807) is 0 Å². The van der Waals surface area contributed by atoms with Crippen LogP contribution in [0, 0.1) is 0 Å². The first-order valence-electron chi connectivity index (χ1n) is 12.3. The van der Waals surface area contributed by atoms with Crippen molar-refractivity contribution in [2.75, 3.05) is 52.4 Å². The van der Waals surface area contributed by atoms with Crippen LogP contribution in [-0.4, -0.2) is 85.0 Å². The molecular formula is C25H40N4O3. The number of piperidine rings is 1. The van der Waals surface area contributed by atoms with Crippen LogP contribution in [0.2, 0.25) is 0 Å². The molecule has 7 heteroatoms. The summed E-state index contributed by atoms with van der Waals surface area (Å²) in [5.41, 5.74) is 1.03. The van der Waals surface area contributed by atoms with Crippen molar-refractivity contribution >= 4 is 11.8 Å². The van der Waals surface area contributed by atoms with Crippen molar-refractivity contribution in [3.8, 4) is 5.75 Å². The monoisotopic (exact) mass is 444 g/mol. The Labute approximate surface area is 193 Å². The van der Waals surface area contributed by atoms with Gasteiger partial charge < -0.3 is 15.0 Å². The van der Waals surface area contributed by atoms with Crippen molar-refractivity contribution in [2.24, 2.45) is 0 Å². The van der Waals surface area contributed by atoms with Gasteiger partial charge in [0.2, 0.25) is 11.8 Å². The molecule has 2 unspecified atom stereocenters. The third-order valence-electron chi connectivity index (χ3n) is 6.65. The Morgan fingerprint density at radius 3 is 2.38 bits per heavy atom. The van der Waals surface area contributed by atoms with Crippen LogP contribution < -0.4 is 10.1 Å². The van der Waals surface area contributed by atoms with E-state index < -0.39 is 0 Å². The molecule has 7 nitrogen and oxygen atoms in total. The minimum atomic E-state index is -0.0595. The van der Waals surface area contributed by atoms with E-state index in [0.717, 1.165) is 63.3 Å². The fourth-order valence-corrected chi connectivity index (χ4v) is 4.75. The van der Waals surface area contributed by atoms with Crippen LogP contribution >= 0.6 is 0 Å². The number of ether oxygens (including phenoxy) is 1. The van der Waals surface area contributed by atoms with Crippen molar-refractivity contribution < 1.29 is 14.3 Å². The van der Waals surface area contributed by atoms with Gasteiger partial charge in [0, 0.05) is 44.3 Å². The van der Waals surface area contributed by atoms with Gasteiger partial charge >= 0.3 is 0 Å². The number of rotatable bonds is 9. The average molecular weight is 445 g/mol. The molecule has 178 valence electrons. The molecule has 0 aliphatic carbocycles. The molecule has 1 aromatic rings. The summed E-state index contributed by atoms with van der Waals surface area (Å²) in [5, 5.41) is 3.19. The second kappa shape index (κ2) is 12.2. The summed E-state index contributed by atoms with van der Waals surface area (Å²) < 4.78 is 5.75. The van der Waals surface area contributed by atoms with E-state index >= 15 is 0 Å². The topological polar surface area (TPSA) is 65.1 Å². The lowest BCUT2D eigenvalue weighted by Gasteiger charge is -2.38. The van der Waals surface area contributed by atoms with Crippen molar-refractivity contribution in [3.63, 3.8) is 0 Å². The number of hydrogen-bond acceptors (Lipinski definition) is 5. The van der Waals surface area contributed by atoms with Crippen LogP contribution in [0.15, 0.2) is 24.3 Å². The zero-order chi connectivity index (χ0) is 22.9. The zero-order valence-electron chi connectivity index (χ0n) is 20.0. The van der Waals surface area contributed by atoms with Gasteiger partial charge in [0.1, 0.15) is 5.75 Å². The number of para-hydroxylation sites is 1. The highest BCUT2D eigenvalue weighted by atomic mass is 16.5. The minimum absolute atomic E-state index is 0.0369. The molecule has 0 bridgehead atoms. The standard InChI is InChI=1S/C25H40N4O3/c1-4-22(21-11-6-7-12-23(21)32-5-2)26-24(30)18-27-14-16-28(17-15-27)19-25(31)29-13-9-8-10-20(29)3/h6-7,11-12,20,22H,4-5,8-10,13-19H2,1-3H3,(H,26,30). The molecule has 0 radical (unpaired) electrons. The van der Waals surface area contributed by atoms with E-state index in [-0.39, 0.29) is 17.9 Å². The van der Waals surface area contributed by atoms with E-state index in [1.165, 1.54) is 6.42 Å². The lowest BCUT2D eigenvalue weighted by molar-refractivity contribution is -0.136. The Bertz CT molecular complexity index is 748. The lowest BCUT2D eigenvalue weighted by atomic mass is 10.0. The first-order chi connectivity index (χ1) is 15.5. The van der Waals surface area contributed by atoms with Crippen LogP contribution in [0.1, 0.15) is 58.1 Å². The highest BCUT2D eigenvalue weighted by Gasteiger charge is 2.27. The molecule has 2 amide bonds. The molecule has 2 fully saturated rings. The van der Waals surface area contributed by atoms with Gasteiger partial charge in [-0.1, -0.05) is 25.1 Å². The molecule has 2 aliphatic heterocycles. The summed E-state index contributed by atoms with van der Waals surface area (Å²) >= 11 is 0. The summed E-state index contributed by atoms with van der Waals surface area (Å²) in [6, 6.07) is 8.23. The van der Waals surface area contributed by atoms with Gasteiger partial charge in [-0.05, 0) is 45.6 Å². The second-order valence-corrected chi connectivity index (χ2v) is 8.98. The predicted octanol–water partition coefficient (Wildman–Crippen LogP) is 2.67. The third kappa shape index (κ3) is 6.69. The van der Waals surface area contributed by atoms with Crippen molar-refractivity contribution in [1.29, 1.82) is 0 Å². The molecule has 1 aromatic carbocycles. The van der Waals surface area contributed by atoms with Crippen LogP contribution in [-0.2, 0) is 9.59 Å². The third-order valence-corrected chi connectivity index (χ3v) is 6.65. The first-order valence-corrected chi connectivity index (χ1v) is 12.3. The number of nitrogens with one attached hydrogen (secondary N) is 1. The molecule has 0 aromatic heterocycles. The molecule has 2 atom stereocenters. The Kier molecular flexibility index (Phi) is 9.36. The molecular weight excluding hydrogens is 404 g/mol. The number of carbonyl (C=O) groups excluding carboxylic acids is 2. The zero-order valence-corrected chi connectivity index (χ0v) is 20.0. The number of likely N-dealkylation sites (tertiary alicyclic amines) is 1. The smallest absolute Gasteiger partial charge is 0.236 e. The fraction of sp³-hybridized carbons (Fsp3) is 0.680. The summed E-state index contributed by atoms with van der Waals surface area (Å²) in [4.78, 5) is 31.9. The number of benzene rings is 1. The number of amides is 2.